The molecule has 0 amide bonds. The summed E-state index contributed by atoms with van der Waals surface area (Å²) in [6, 6.07) is 6.01. The van der Waals surface area contributed by atoms with E-state index in [0.717, 1.165) is 37.3 Å². The minimum Gasteiger partial charge on any atom is -0.494 e. The topological polar surface area (TPSA) is 21.3 Å². The number of hydrogen-bond donors (Lipinski definition) is 1. The summed E-state index contributed by atoms with van der Waals surface area (Å²) in [4.78, 5) is 0. The van der Waals surface area contributed by atoms with Crippen LogP contribution in [0.4, 0.5) is 4.39 Å². The van der Waals surface area contributed by atoms with Gasteiger partial charge in [0.1, 0.15) is 0 Å². The van der Waals surface area contributed by atoms with Crippen LogP contribution < -0.4 is 10.1 Å². The van der Waals surface area contributed by atoms with Gasteiger partial charge in [0.2, 0.25) is 0 Å². The summed E-state index contributed by atoms with van der Waals surface area (Å²) in [6.07, 6.45) is 5.65. The monoisotopic (exact) mass is 265 g/mol. The van der Waals surface area contributed by atoms with Crippen molar-refractivity contribution in [3.05, 3.63) is 29.6 Å². The molecule has 3 heteroatoms. The number of nitrogens with one attached hydrogen (secondary N) is 1. The molecule has 1 aliphatic rings. The van der Waals surface area contributed by atoms with E-state index >= 15 is 0 Å². The third kappa shape index (κ3) is 3.93. The van der Waals surface area contributed by atoms with Crippen LogP contribution in [0.25, 0.3) is 0 Å². The minimum atomic E-state index is -0.198. The highest BCUT2D eigenvalue weighted by Gasteiger charge is 2.29. The van der Waals surface area contributed by atoms with Gasteiger partial charge in [-0.15, -0.1) is 0 Å². The van der Waals surface area contributed by atoms with Crippen molar-refractivity contribution in [2.45, 2.75) is 45.1 Å². The molecule has 0 bridgehead atoms. The van der Waals surface area contributed by atoms with E-state index in [4.69, 9.17) is 4.74 Å². The Bertz CT molecular complexity index is 404. The van der Waals surface area contributed by atoms with Gasteiger partial charge in [0.25, 0.3) is 0 Å². The SMILES string of the molecule is CCNC(CCCc1cccc(OC)c1F)C1CC1. The van der Waals surface area contributed by atoms with Crippen molar-refractivity contribution >= 4 is 0 Å². The number of benzene rings is 1. The molecular formula is C16H24FNO. The zero-order valence-electron chi connectivity index (χ0n) is 11.9. The molecule has 1 aromatic carbocycles. The summed E-state index contributed by atoms with van der Waals surface area (Å²) in [5, 5.41) is 3.55. The van der Waals surface area contributed by atoms with Gasteiger partial charge in [-0.1, -0.05) is 19.1 Å². The van der Waals surface area contributed by atoms with Crippen molar-refractivity contribution < 1.29 is 9.13 Å². The summed E-state index contributed by atoms with van der Waals surface area (Å²) in [6.45, 7) is 3.17. The van der Waals surface area contributed by atoms with Crippen molar-refractivity contribution in [2.75, 3.05) is 13.7 Å². The zero-order chi connectivity index (χ0) is 13.7. The third-order valence-corrected chi connectivity index (χ3v) is 3.88. The lowest BCUT2D eigenvalue weighted by molar-refractivity contribution is 0.382. The molecule has 1 atom stereocenters. The van der Waals surface area contributed by atoms with Crippen LogP contribution in [-0.4, -0.2) is 19.7 Å². The fourth-order valence-corrected chi connectivity index (χ4v) is 2.68. The molecule has 1 aliphatic carbocycles. The summed E-state index contributed by atoms with van der Waals surface area (Å²) in [5.74, 6) is 1.01. The summed E-state index contributed by atoms with van der Waals surface area (Å²) in [7, 11) is 1.51. The molecule has 1 N–H and O–H groups in total. The van der Waals surface area contributed by atoms with E-state index < -0.39 is 0 Å². The first-order valence-corrected chi connectivity index (χ1v) is 7.31. The molecular weight excluding hydrogens is 241 g/mol. The minimum absolute atomic E-state index is 0.198. The van der Waals surface area contributed by atoms with Crippen molar-refractivity contribution in [3.8, 4) is 5.75 Å². The fourth-order valence-electron chi connectivity index (χ4n) is 2.68. The average Bonchev–Trinajstić information content (AvgIpc) is 3.24. The molecule has 106 valence electrons. The number of methoxy groups -OCH3 is 1. The van der Waals surface area contributed by atoms with Gasteiger partial charge in [0, 0.05) is 6.04 Å². The predicted octanol–water partition coefficient (Wildman–Crippen LogP) is 3.55. The van der Waals surface area contributed by atoms with E-state index in [1.807, 2.05) is 12.1 Å². The van der Waals surface area contributed by atoms with Crippen molar-refractivity contribution in [1.29, 1.82) is 0 Å². The second-order valence-electron chi connectivity index (χ2n) is 5.33. The van der Waals surface area contributed by atoms with Crippen molar-refractivity contribution in [3.63, 3.8) is 0 Å². The molecule has 19 heavy (non-hydrogen) atoms. The molecule has 1 aromatic rings. The van der Waals surface area contributed by atoms with Crippen LogP contribution in [0.5, 0.6) is 5.75 Å². The predicted molar refractivity (Wildman–Crippen MR) is 76.1 cm³/mol. The Hall–Kier alpha value is -1.09. The third-order valence-electron chi connectivity index (χ3n) is 3.88. The standard InChI is InChI=1S/C16H24FNO/c1-3-18-14(12-10-11-12)8-4-6-13-7-5-9-15(19-2)16(13)17/h5,7,9,12,14,18H,3-4,6,8,10-11H2,1-2H3. The van der Waals surface area contributed by atoms with Gasteiger partial charge in [0.05, 0.1) is 7.11 Å². The number of aryl methyl sites for hydroxylation is 1. The second-order valence-corrected chi connectivity index (χ2v) is 5.33. The van der Waals surface area contributed by atoms with Gasteiger partial charge >= 0.3 is 0 Å². The van der Waals surface area contributed by atoms with Gasteiger partial charge in [0.15, 0.2) is 11.6 Å². The van der Waals surface area contributed by atoms with Gasteiger partial charge in [-0.2, -0.15) is 0 Å². The number of rotatable bonds is 8. The van der Waals surface area contributed by atoms with Crippen LogP contribution in [-0.2, 0) is 6.42 Å². The number of halogens is 1. The Kier molecular flexibility index (Phi) is 5.20. The fraction of sp³-hybridized carbons (Fsp3) is 0.625. The lowest BCUT2D eigenvalue weighted by Gasteiger charge is -2.17. The quantitative estimate of drug-likeness (QED) is 0.776. The van der Waals surface area contributed by atoms with E-state index in [2.05, 4.69) is 12.2 Å². The van der Waals surface area contributed by atoms with Crippen molar-refractivity contribution in [2.24, 2.45) is 5.92 Å². The highest BCUT2D eigenvalue weighted by atomic mass is 19.1. The van der Waals surface area contributed by atoms with Crippen LogP contribution in [0.2, 0.25) is 0 Å². The lowest BCUT2D eigenvalue weighted by Crippen LogP contribution is -2.30. The first kappa shape index (κ1) is 14.3. The molecule has 0 heterocycles. The van der Waals surface area contributed by atoms with Crippen LogP contribution in [0.3, 0.4) is 0 Å². The second kappa shape index (κ2) is 6.90. The van der Waals surface area contributed by atoms with Crippen LogP contribution in [0.15, 0.2) is 18.2 Å². The van der Waals surface area contributed by atoms with E-state index in [9.17, 15) is 4.39 Å². The maximum atomic E-state index is 14.0. The number of hydrogen-bond acceptors (Lipinski definition) is 2. The van der Waals surface area contributed by atoms with Gasteiger partial charge in [-0.05, 0) is 56.2 Å². The van der Waals surface area contributed by atoms with E-state index in [0.29, 0.717) is 11.8 Å². The summed E-state index contributed by atoms with van der Waals surface area (Å²) in [5.41, 5.74) is 0.769. The van der Waals surface area contributed by atoms with Gasteiger partial charge < -0.3 is 10.1 Å². The molecule has 1 fully saturated rings. The van der Waals surface area contributed by atoms with E-state index in [1.54, 1.807) is 6.07 Å². The van der Waals surface area contributed by atoms with Crippen LogP contribution in [0.1, 0.15) is 38.2 Å². The molecule has 1 unspecified atom stereocenters. The van der Waals surface area contributed by atoms with Gasteiger partial charge in [-0.3, -0.25) is 0 Å². The van der Waals surface area contributed by atoms with Crippen LogP contribution >= 0.6 is 0 Å². The molecule has 0 spiro atoms. The Morgan fingerprint density at radius 2 is 2.21 bits per heavy atom. The normalized spacial score (nSPS) is 16.4. The number of ether oxygens (including phenoxy) is 1. The maximum Gasteiger partial charge on any atom is 0.168 e. The Morgan fingerprint density at radius 3 is 2.84 bits per heavy atom. The lowest BCUT2D eigenvalue weighted by atomic mass is 10.0. The van der Waals surface area contributed by atoms with Crippen molar-refractivity contribution in [1.82, 2.24) is 5.32 Å². The average molecular weight is 265 g/mol. The first-order valence-electron chi connectivity index (χ1n) is 7.31. The molecule has 0 aliphatic heterocycles. The Balaban J connectivity index is 1.84. The summed E-state index contributed by atoms with van der Waals surface area (Å²) < 4.78 is 19.0. The molecule has 0 aromatic heterocycles. The Morgan fingerprint density at radius 1 is 1.42 bits per heavy atom. The maximum absolute atomic E-state index is 14.0. The smallest absolute Gasteiger partial charge is 0.168 e. The molecule has 2 nitrogen and oxygen atoms in total. The highest BCUT2D eigenvalue weighted by molar-refractivity contribution is 5.31. The van der Waals surface area contributed by atoms with E-state index in [-0.39, 0.29) is 5.82 Å². The first-order chi connectivity index (χ1) is 9.26. The molecule has 2 rings (SSSR count). The highest BCUT2D eigenvalue weighted by Crippen LogP contribution is 2.34. The van der Waals surface area contributed by atoms with E-state index in [1.165, 1.54) is 20.0 Å². The largest absolute Gasteiger partial charge is 0.494 e. The summed E-state index contributed by atoms with van der Waals surface area (Å²) >= 11 is 0. The van der Waals surface area contributed by atoms with Crippen LogP contribution in [0, 0.1) is 11.7 Å². The Labute approximate surface area is 115 Å². The molecule has 0 saturated heterocycles. The van der Waals surface area contributed by atoms with Gasteiger partial charge in [-0.25, -0.2) is 4.39 Å². The zero-order valence-corrected chi connectivity index (χ0v) is 11.9. The molecule has 1 saturated carbocycles. The molecule has 0 radical (unpaired) electrons.